The molecule has 2 aromatic carbocycles. The summed E-state index contributed by atoms with van der Waals surface area (Å²) in [7, 11) is 0. The van der Waals surface area contributed by atoms with Gasteiger partial charge in [0.1, 0.15) is 6.04 Å². The molecule has 3 rings (SSSR count). The lowest BCUT2D eigenvalue weighted by Gasteiger charge is -2.32. The van der Waals surface area contributed by atoms with E-state index in [1.165, 1.54) is 18.2 Å². The molecule has 0 bridgehead atoms. The molecule has 1 saturated carbocycles. The zero-order valence-electron chi connectivity index (χ0n) is 19.1. The lowest BCUT2D eigenvalue weighted by molar-refractivity contribution is -0.139. The third-order valence-electron chi connectivity index (χ3n) is 6.01. The van der Waals surface area contributed by atoms with E-state index >= 15 is 0 Å². The van der Waals surface area contributed by atoms with Crippen molar-refractivity contribution in [1.29, 1.82) is 0 Å². The van der Waals surface area contributed by atoms with Gasteiger partial charge in [0.2, 0.25) is 11.8 Å². The minimum absolute atomic E-state index is 0.0328. The van der Waals surface area contributed by atoms with Crippen molar-refractivity contribution in [3.63, 3.8) is 0 Å². The quantitative estimate of drug-likeness (QED) is 0.400. The van der Waals surface area contributed by atoms with Crippen LogP contribution in [-0.4, -0.2) is 34.6 Å². The highest BCUT2D eigenvalue weighted by molar-refractivity contribution is 7.99. The van der Waals surface area contributed by atoms with Crippen molar-refractivity contribution < 1.29 is 9.59 Å². The Morgan fingerprint density at radius 1 is 1.03 bits per heavy atom. The molecule has 1 atom stereocenters. The number of thioether (sulfide) groups is 1. The van der Waals surface area contributed by atoms with Crippen LogP contribution in [0.4, 0.5) is 0 Å². The number of rotatable bonds is 10. The maximum atomic E-state index is 13.3. The highest BCUT2D eigenvalue weighted by Crippen LogP contribution is 2.25. The largest absolute Gasteiger partial charge is 0.352 e. The monoisotopic (exact) mass is 506 g/mol. The van der Waals surface area contributed by atoms with Crippen LogP contribution in [0.25, 0.3) is 0 Å². The number of nitrogens with zero attached hydrogens (tertiary/aromatic N) is 1. The van der Waals surface area contributed by atoms with Crippen molar-refractivity contribution in [3.8, 4) is 0 Å². The van der Waals surface area contributed by atoms with Gasteiger partial charge in [-0.3, -0.25) is 9.59 Å². The molecule has 1 aliphatic rings. The predicted molar refractivity (Wildman–Crippen MR) is 139 cm³/mol. The maximum Gasteiger partial charge on any atom is 0.243 e. The lowest BCUT2D eigenvalue weighted by atomic mass is 9.95. The number of carbonyl (C=O) groups is 2. The van der Waals surface area contributed by atoms with Gasteiger partial charge >= 0.3 is 0 Å². The van der Waals surface area contributed by atoms with E-state index in [-0.39, 0.29) is 17.9 Å². The summed E-state index contributed by atoms with van der Waals surface area (Å²) in [5.74, 6) is 0.866. The van der Waals surface area contributed by atoms with Crippen LogP contribution in [0.15, 0.2) is 48.5 Å². The molecule has 0 radical (unpaired) electrons. The zero-order valence-corrected chi connectivity index (χ0v) is 21.4. The van der Waals surface area contributed by atoms with Crippen LogP contribution in [-0.2, 0) is 21.9 Å². The number of hydrogen-bond donors (Lipinski definition) is 1. The Kier molecular flexibility index (Phi) is 10.4. The van der Waals surface area contributed by atoms with Gasteiger partial charge in [-0.05, 0) is 42.5 Å². The van der Waals surface area contributed by atoms with Crippen LogP contribution >= 0.6 is 35.0 Å². The third kappa shape index (κ3) is 7.94. The van der Waals surface area contributed by atoms with Gasteiger partial charge < -0.3 is 10.2 Å². The summed E-state index contributed by atoms with van der Waals surface area (Å²) in [5.41, 5.74) is 2.03. The zero-order chi connectivity index (χ0) is 23.6. The summed E-state index contributed by atoms with van der Waals surface area (Å²) in [5, 5.41) is 4.25. The minimum Gasteiger partial charge on any atom is -0.352 e. The van der Waals surface area contributed by atoms with E-state index in [0.717, 1.165) is 36.8 Å². The van der Waals surface area contributed by atoms with Gasteiger partial charge in [0, 0.05) is 18.3 Å². The smallest absolute Gasteiger partial charge is 0.243 e. The summed E-state index contributed by atoms with van der Waals surface area (Å²) >= 11 is 13.6. The Morgan fingerprint density at radius 2 is 1.76 bits per heavy atom. The summed E-state index contributed by atoms with van der Waals surface area (Å²) in [6.45, 7) is 2.39. The van der Waals surface area contributed by atoms with Crippen molar-refractivity contribution >= 4 is 46.8 Å². The summed E-state index contributed by atoms with van der Waals surface area (Å²) in [6.07, 6.45) is 6.16. The van der Waals surface area contributed by atoms with Crippen LogP contribution in [0.3, 0.4) is 0 Å². The Balaban J connectivity index is 1.67. The first kappa shape index (κ1) is 25.9. The summed E-state index contributed by atoms with van der Waals surface area (Å²) < 4.78 is 0. The van der Waals surface area contributed by atoms with Crippen LogP contribution in [0.1, 0.15) is 56.6 Å². The van der Waals surface area contributed by atoms with E-state index in [4.69, 9.17) is 23.2 Å². The minimum atomic E-state index is -0.481. The van der Waals surface area contributed by atoms with Gasteiger partial charge in [0.05, 0.1) is 15.8 Å². The topological polar surface area (TPSA) is 49.4 Å². The van der Waals surface area contributed by atoms with Crippen LogP contribution in [0.5, 0.6) is 0 Å². The van der Waals surface area contributed by atoms with E-state index in [1.54, 1.807) is 11.0 Å². The molecular weight excluding hydrogens is 475 g/mol. The van der Waals surface area contributed by atoms with E-state index in [1.807, 2.05) is 49.4 Å². The second-order valence-corrected chi connectivity index (χ2v) is 10.3. The second kappa shape index (κ2) is 13.3. The average molecular weight is 508 g/mol. The number of benzene rings is 2. The van der Waals surface area contributed by atoms with Crippen LogP contribution < -0.4 is 5.32 Å². The Hall–Kier alpha value is -1.69. The molecule has 33 heavy (non-hydrogen) atoms. The number of hydrogen-bond acceptors (Lipinski definition) is 3. The fourth-order valence-corrected chi connectivity index (χ4v) is 5.39. The van der Waals surface area contributed by atoms with Gasteiger partial charge in [-0.25, -0.2) is 0 Å². The molecule has 2 amide bonds. The molecule has 1 N–H and O–H groups in total. The first-order valence-electron chi connectivity index (χ1n) is 11.6. The molecule has 0 aromatic heterocycles. The number of nitrogens with one attached hydrogen (secondary N) is 1. The van der Waals surface area contributed by atoms with Crippen LogP contribution in [0, 0.1) is 0 Å². The van der Waals surface area contributed by atoms with E-state index in [2.05, 4.69) is 5.32 Å². The van der Waals surface area contributed by atoms with Crippen LogP contribution in [0.2, 0.25) is 10.0 Å². The Labute approximate surface area is 211 Å². The molecule has 4 nitrogen and oxygen atoms in total. The van der Waals surface area contributed by atoms with Gasteiger partial charge in [-0.15, -0.1) is 11.8 Å². The van der Waals surface area contributed by atoms with Crippen molar-refractivity contribution in [3.05, 3.63) is 69.7 Å². The first-order chi connectivity index (χ1) is 16.0. The molecule has 0 spiro atoms. The lowest BCUT2D eigenvalue weighted by Crippen LogP contribution is -2.52. The average Bonchev–Trinajstić information content (AvgIpc) is 2.82. The fourth-order valence-electron chi connectivity index (χ4n) is 4.21. The molecule has 0 unspecified atom stereocenters. The fraction of sp³-hybridized carbons (Fsp3) is 0.462. The van der Waals surface area contributed by atoms with Crippen molar-refractivity contribution in [1.82, 2.24) is 10.2 Å². The van der Waals surface area contributed by atoms with E-state index in [0.29, 0.717) is 34.5 Å². The van der Waals surface area contributed by atoms with Gasteiger partial charge in [-0.1, -0.05) is 85.8 Å². The molecular formula is C26H32Cl2N2O2S. The van der Waals surface area contributed by atoms with Gasteiger partial charge in [0.25, 0.3) is 0 Å². The van der Waals surface area contributed by atoms with Gasteiger partial charge in [-0.2, -0.15) is 0 Å². The summed E-state index contributed by atoms with van der Waals surface area (Å²) in [4.78, 5) is 28.3. The van der Waals surface area contributed by atoms with Crippen molar-refractivity contribution in [2.75, 3.05) is 5.75 Å². The Morgan fingerprint density at radius 3 is 2.42 bits per heavy atom. The predicted octanol–water partition coefficient (Wildman–Crippen LogP) is 6.48. The molecule has 1 fully saturated rings. The number of halogens is 2. The normalized spacial score (nSPS) is 15.1. The Bertz CT molecular complexity index is 920. The van der Waals surface area contributed by atoms with Gasteiger partial charge in [0.15, 0.2) is 0 Å². The maximum absolute atomic E-state index is 13.3. The number of carbonyl (C=O) groups excluding carboxylic acids is 2. The van der Waals surface area contributed by atoms with E-state index in [9.17, 15) is 9.59 Å². The highest BCUT2D eigenvalue weighted by atomic mass is 35.5. The molecule has 0 heterocycles. The summed E-state index contributed by atoms with van der Waals surface area (Å²) in [6, 6.07) is 15.1. The standard InChI is InChI=1S/C26H32Cl2N2O2S/c1-2-24(26(32)29-21-11-7-4-8-12-21)30(16-19-9-5-3-6-10-19)25(31)18-33-17-20-13-14-22(27)23(28)15-20/h3,5-6,9-10,13-15,21,24H,2,4,7-8,11-12,16-18H2,1H3,(H,29,32)/t24-/m1/s1. The SMILES string of the molecule is CC[C@H](C(=O)NC1CCCCC1)N(Cc1ccccc1)C(=O)CSCc1ccc(Cl)c(Cl)c1. The second-order valence-electron chi connectivity index (χ2n) is 8.52. The third-order valence-corrected chi connectivity index (χ3v) is 7.74. The molecule has 0 saturated heterocycles. The van der Waals surface area contributed by atoms with Crippen molar-refractivity contribution in [2.45, 2.75) is 69.8 Å². The van der Waals surface area contributed by atoms with E-state index < -0.39 is 6.04 Å². The number of amides is 2. The first-order valence-corrected chi connectivity index (χ1v) is 13.5. The van der Waals surface area contributed by atoms with Crippen molar-refractivity contribution in [2.24, 2.45) is 0 Å². The molecule has 1 aliphatic carbocycles. The molecule has 0 aliphatic heterocycles. The molecule has 178 valence electrons. The molecule has 7 heteroatoms. The highest BCUT2D eigenvalue weighted by Gasteiger charge is 2.30. The molecule has 2 aromatic rings.